The second-order valence-electron chi connectivity index (χ2n) is 15.1. The van der Waals surface area contributed by atoms with Crippen molar-refractivity contribution in [3.05, 3.63) is 196 Å². The van der Waals surface area contributed by atoms with Crippen molar-refractivity contribution < 1.29 is 38.5 Å². The Bertz CT molecular complexity index is 2360. The van der Waals surface area contributed by atoms with Gasteiger partial charge in [0.2, 0.25) is 0 Å². The van der Waals surface area contributed by atoms with E-state index in [1.807, 2.05) is 91.0 Å². The van der Waals surface area contributed by atoms with Crippen molar-refractivity contribution in [2.45, 2.75) is 39.5 Å². The molecule has 1 aliphatic rings. The molecule has 63 heavy (non-hydrogen) atoms. The van der Waals surface area contributed by atoms with E-state index in [0.717, 1.165) is 16.7 Å². The zero-order valence-corrected chi connectivity index (χ0v) is 34.8. The Morgan fingerprint density at radius 3 is 1.19 bits per heavy atom. The third-order valence-corrected chi connectivity index (χ3v) is 10.4. The first kappa shape index (κ1) is 43.9. The maximum absolute atomic E-state index is 13.2. The molecule has 3 aromatic carbocycles. The summed E-state index contributed by atoms with van der Waals surface area (Å²) in [5.74, 6) is -2.79. The maximum Gasteiger partial charge on any atom is 0.354 e. The lowest BCUT2D eigenvalue weighted by Crippen LogP contribution is -2.36. The number of hydrogen-bond donors (Lipinski definition) is 1. The quantitative estimate of drug-likeness (QED) is 0.0834. The number of pyridine rings is 3. The molecule has 0 radical (unpaired) electrons. The van der Waals surface area contributed by atoms with E-state index in [2.05, 4.69) is 29.7 Å². The highest BCUT2D eigenvalue weighted by Crippen LogP contribution is 2.17. The average Bonchev–Trinajstić information content (AvgIpc) is 3.40. The molecule has 1 saturated heterocycles. The van der Waals surface area contributed by atoms with Crippen molar-refractivity contribution in [1.29, 1.82) is 0 Å². The number of carboxylic acid groups (broad SMARTS) is 1. The number of carbonyl (C=O) groups excluding carboxylic acids is 3. The van der Waals surface area contributed by atoms with Crippen molar-refractivity contribution in [2.24, 2.45) is 0 Å². The lowest BCUT2D eigenvalue weighted by Gasteiger charge is -2.25. The van der Waals surface area contributed by atoms with Gasteiger partial charge in [-0.15, -0.1) is 0 Å². The summed E-state index contributed by atoms with van der Waals surface area (Å²) >= 11 is 0. The summed E-state index contributed by atoms with van der Waals surface area (Å²) in [7, 11) is 0. The van der Waals surface area contributed by atoms with Crippen LogP contribution < -0.4 is 0 Å². The van der Waals surface area contributed by atoms with E-state index in [1.165, 1.54) is 6.07 Å². The second kappa shape index (κ2) is 22.1. The van der Waals surface area contributed by atoms with Gasteiger partial charge in [-0.2, -0.15) is 0 Å². The van der Waals surface area contributed by atoms with Crippen LogP contribution in [0.3, 0.4) is 0 Å². The molecule has 14 heteroatoms. The van der Waals surface area contributed by atoms with E-state index in [4.69, 9.17) is 14.2 Å². The molecule has 0 spiro atoms. The van der Waals surface area contributed by atoms with Gasteiger partial charge in [0, 0.05) is 71.3 Å². The summed E-state index contributed by atoms with van der Waals surface area (Å²) in [6, 6.07) is 37.8. The molecule has 0 unspecified atom stereocenters. The van der Waals surface area contributed by atoms with E-state index in [1.54, 1.807) is 42.7 Å². The maximum atomic E-state index is 13.2. The first-order valence-corrected chi connectivity index (χ1v) is 20.7. The molecule has 3 aromatic heterocycles. The van der Waals surface area contributed by atoms with Crippen LogP contribution in [0.1, 0.15) is 75.3 Å². The van der Waals surface area contributed by atoms with E-state index >= 15 is 0 Å². The molecule has 0 bridgehead atoms. The zero-order valence-electron chi connectivity index (χ0n) is 34.8. The minimum absolute atomic E-state index is 0.0385. The molecule has 14 nitrogen and oxygen atoms in total. The fraction of sp³-hybridized carbons (Fsp3) is 0.245. The van der Waals surface area contributed by atoms with Gasteiger partial charge in [0.05, 0.1) is 33.8 Å². The molecule has 322 valence electrons. The molecule has 0 saturated carbocycles. The molecule has 0 amide bonds. The Morgan fingerprint density at radius 2 is 0.810 bits per heavy atom. The highest BCUT2D eigenvalue weighted by Gasteiger charge is 2.22. The number of benzene rings is 3. The number of rotatable bonds is 16. The predicted octanol–water partition coefficient (Wildman–Crippen LogP) is 6.46. The van der Waals surface area contributed by atoms with Gasteiger partial charge in [-0.3, -0.25) is 24.7 Å². The van der Waals surface area contributed by atoms with Crippen LogP contribution >= 0.6 is 0 Å². The lowest BCUT2D eigenvalue weighted by atomic mass is 10.1. The van der Waals surface area contributed by atoms with Gasteiger partial charge in [-0.25, -0.2) is 24.2 Å². The third-order valence-electron chi connectivity index (χ3n) is 10.4. The molecular formula is C49H48N6O8. The van der Waals surface area contributed by atoms with Crippen molar-refractivity contribution in [3.8, 4) is 0 Å². The number of hydrogen-bond acceptors (Lipinski definition) is 13. The monoisotopic (exact) mass is 848 g/mol. The van der Waals surface area contributed by atoms with Gasteiger partial charge in [0.25, 0.3) is 0 Å². The molecule has 7 rings (SSSR count). The van der Waals surface area contributed by atoms with Crippen LogP contribution in [0.5, 0.6) is 0 Å². The Morgan fingerprint density at radius 1 is 0.460 bits per heavy atom. The number of aromatic nitrogens is 3. The highest BCUT2D eigenvalue weighted by molar-refractivity contribution is 5.93. The molecule has 4 heterocycles. The fourth-order valence-corrected chi connectivity index (χ4v) is 7.04. The number of aromatic carboxylic acids is 1. The van der Waals surface area contributed by atoms with Crippen LogP contribution in [0.2, 0.25) is 0 Å². The summed E-state index contributed by atoms with van der Waals surface area (Å²) in [6.45, 7) is 5.10. The van der Waals surface area contributed by atoms with Gasteiger partial charge >= 0.3 is 23.9 Å². The number of esters is 3. The van der Waals surface area contributed by atoms with Gasteiger partial charge in [0.1, 0.15) is 25.5 Å². The number of carbonyl (C=O) groups is 4. The largest absolute Gasteiger partial charge is 0.477 e. The van der Waals surface area contributed by atoms with Crippen LogP contribution in [-0.2, 0) is 53.7 Å². The SMILES string of the molecule is O=C(OCc1ccccc1)c1ccnc(CN2CCN(Cc3cc(C(=O)OCc4ccccc4)ccn3)CCN(Cc3cc(C(=O)OCc4ccccc4)cc(C(=O)O)n3)CC2)c1. The third kappa shape index (κ3) is 13.4. The summed E-state index contributed by atoms with van der Waals surface area (Å²) in [5, 5.41) is 9.96. The summed E-state index contributed by atoms with van der Waals surface area (Å²) in [4.78, 5) is 71.8. The molecule has 1 aliphatic heterocycles. The predicted molar refractivity (Wildman–Crippen MR) is 232 cm³/mol. The Hall–Kier alpha value is -7.13. The second-order valence-corrected chi connectivity index (χ2v) is 15.1. The van der Waals surface area contributed by atoms with Gasteiger partial charge < -0.3 is 19.3 Å². The normalized spacial score (nSPS) is 13.8. The van der Waals surface area contributed by atoms with Crippen molar-refractivity contribution in [2.75, 3.05) is 39.3 Å². The molecular weight excluding hydrogens is 801 g/mol. The van der Waals surface area contributed by atoms with Gasteiger partial charge in [0.15, 0.2) is 0 Å². The van der Waals surface area contributed by atoms with E-state index in [-0.39, 0.29) is 37.6 Å². The minimum atomic E-state index is -1.26. The average molecular weight is 849 g/mol. The molecule has 0 atom stereocenters. The Kier molecular flexibility index (Phi) is 15.4. The summed E-state index contributed by atoms with van der Waals surface area (Å²) in [5.41, 5.74) is 5.03. The fourth-order valence-electron chi connectivity index (χ4n) is 7.04. The Balaban J connectivity index is 1.07. The highest BCUT2D eigenvalue weighted by atomic mass is 16.5. The minimum Gasteiger partial charge on any atom is -0.477 e. The van der Waals surface area contributed by atoms with Crippen molar-refractivity contribution in [1.82, 2.24) is 29.7 Å². The zero-order chi connectivity index (χ0) is 43.8. The van der Waals surface area contributed by atoms with Crippen LogP contribution in [0.15, 0.2) is 140 Å². The summed E-state index contributed by atoms with van der Waals surface area (Å²) < 4.78 is 16.7. The standard InChI is InChI=1S/C49H48N6O8/c56-46(57)45-29-41(49(60)63-35-38-14-8-3-9-15-38)28-44(52-45)32-55-24-22-53(30-42-26-39(16-18-50-42)47(58)61-33-36-10-4-1-5-11-36)20-21-54(23-25-55)31-43-27-40(17-19-51-43)48(59)62-34-37-12-6-2-7-13-37/h1-19,26-29H,20-25,30-35H2,(H,56,57). The van der Waals surface area contributed by atoms with Crippen LogP contribution in [0, 0.1) is 0 Å². The molecule has 1 N–H and O–H groups in total. The lowest BCUT2D eigenvalue weighted by molar-refractivity contribution is 0.0463. The van der Waals surface area contributed by atoms with Crippen molar-refractivity contribution in [3.63, 3.8) is 0 Å². The first-order chi connectivity index (χ1) is 30.7. The number of nitrogens with zero attached hydrogens (tertiary/aromatic N) is 6. The van der Waals surface area contributed by atoms with Gasteiger partial charge in [-0.05, 0) is 53.1 Å². The molecule has 1 fully saturated rings. The van der Waals surface area contributed by atoms with Gasteiger partial charge in [-0.1, -0.05) is 91.0 Å². The Labute approximate surface area is 365 Å². The van der Waals surface area contributed by atoms with Crippen LogP contribution in [-0.4, -0.2) is 97.9 Å². The first-order valence-electron chi connectivity index (χ1n) is 20.7. The van der Waals surface area contributed by atoms with E-state index in [9.17, 15) is 24.3 Å². The number of carboxylic acids is 1. The molecule has 0 aliphatic carbocycles. The topological polar surface area (TPSA) is 165 Å². The smallest absolute Gasteiger partial charge is 0.354 e. The van der Waals surface area contributed by atoms with Crippen LogP contribution in [0.4, 0.5) is 0 Å². The van der Waals surface area contributed by atoms with E-state index < -0.39 is 23.9 Å². The number of ether oxygens (including phenoxy) is 3. The van der Waals surface area contributed by atoms with E-state index in [0.29, 0.717) is 80.6 Å². The van der Waals surface area contributed by atoms with Crippen molar-refractivity contribution >= 4 is 23.9 Å². The summed E-state index contributed by atoms with van der Waals surface area (Å²) in [6.07, 6.45) is 3.22. The van der Waals surface area contributed by atoms with Crippen LogP contribution in [0.25, 0.3) is 0 Å². The molecule has 6 aromatic rings.